The van der Waals surface area contributed by atoms with Crippen LogP contribution in [0.4, 0.5) is 11.4 Å². The summed E-state index contributed by atoms with van der Waals surface area (Å²) in [5.74, 6) is -0.877. The molecule has 2 heterocycles. The SMILES string of the molecule is NC(=O)c1cc(N)ccc1N1CCC2(CC1)OCCO2. The smallest absolute Gasteiger partial charge is 0.250 e. The molecule has 1 aromatic carbocycles. The molecule has 1 amide bonds. The molecule has 2 fully saturated rings. The second kappa shape index (κ2) is 4.96. The van der Waals surface area contributed by atoms with Crippen molar-refractivity contribution in [3.8, 4) is 0 Å². The molecule has 2 aliphatic heterocycles. The van der Waals surface area contributed by atoms with Crippen LogP contribution < -0.4 is 16.4 Å². The number of ether oxygens (including phenoxy) is 2. The Labute approximate surface area is 117 Å². The number of carbonyl (C=O) groups excluding carboxylic acids is 1. The van der Waals surface area contributed by atoms with E-state index in [0.717, 1.165) is 31.6 Å². The van der Waals surface area contributed by atoms with E-state index in [1.54, 1.807) is 12.1 Å². The number of amides is 1. The third-order valence-electron chi connectivity index (χ3n) is 3.97. The van der Waals surface area contributed by atoms with Crippen LogP contribution in [0.15, 0.2) is 18.2 Å². The fourth-order valence-corrected chi connectivity index (χ4v) is 2.90. The Morgan fingerprint density at radius 1 is 1.20 bits per heavy atom. The van der Waals surface area contributed by atoms with Gasteiger partial charge in [0.15, 0.2) is 5.79 Å². The summed E-state index contributed by atoms with van der Waals surface area (Å²) in [6, 6.07) is 5.27. The number of nitrogens with zero attached hydrogens (tertiary/aromatic N) is 1. The van der Waals surface area contributed by atoms with Crippen molar-refractivity contribution in [2.45, 2.75) is 18.6 Å². The van der Waals surface area contributed by atoms with Gasteiger partial charge in [0.2, 0.25) is 0 Å². The molecule has 0 radical (unpaired) electrons. The van der Waals surface area contributed by atoms with Crippen molar-refractivity contribution < 1.29 is 14.3 Å². The Kier molecular flexibility index (Phi) is 3.27. The van der Waals surface area contributed by atoms with Gasteiger partial charge in [-0.3, -0.25) is 4.79 Å². The number of piperidine rings is 1. The number of primary amides is 1. The number of anilines is 2. The van der Waals surface area contributed by atoms with E-state index >= 15 is 0 Å². The highest BCUT2D eigenvalue weighted by Crippen LogP contribution is 2.34. The standard InChI is InChI=1S/C14H19N3O3/c15-10-1-2-12(11(9-10)13(16)18)17-5-3-14(4-6-17)19-7-8-20-14/h1-2,9H,3-8,15H2,(H2,16,18). The van der Waals surface area contributed by atoms with Crippen LogP contribution >= 0.6 is 0 Å². The van der Waals surface area contributed by atoms with Crippen LogP contribution in [0.25, 0.3) is 0 Å². The Hall–Kier alpha value is -1.79. The van der Waals surface area contributed by atoms with E-state index in [1.807, 2.05) is 6.07 Å². The van der Waals surface area contributed by atoms with Crippen molar-refractivity contribution in [2.75, 3.05) is 36.9 Å². The molecule has 6 nitrogen and oxygen atoms in total. The number of benzene rings is 1. The van der Waals surface area contributed by atoms with Gasteiger partial charge in [0, 0.05) is 37.3 Å². The summed E-state index contributed by atoms with van der Waals surface area (Å²) in [6.45, 7) is 2.86. The Morgan fingerprint density at radius 3 is 2.45 bits per heavy atom. The minimum absolute atomic E-state index is 0.419. The van der Waals surface area contributed by atoms with Gasteiger partial charge in [-0.15, -0.1) is 0 Å². The number of nitrogens with two attached hydrogens (primary N) is 2. The highest BCUT2D eigenvalue weighted by atomic mass is 16.7. The van der Waals surface area contributed by atoms with Crippen LogP contribution in [-0.2, 0) is 9.47 Å². The monoisotopic (exact) mass is 277 g/mol. The van der Waals surface area contributed by atoms with Crippen molar-refractivity contribution in [3.63, 3.8) is 0 Å². The van der Waals surface area contributed by atoms with Gasteiger partial charge >= 0.3 is 0 Å². The molecule has 0 saturated carbocycles. The number of rotatable bonds is 2. The maximum absolute atomic E-state index is 11.6. The summed E-state index contributed by atoms with van der Waals surface area (Å²) < 4.78 is 11.4. The number of hydrogen-bond donors (Lipinski definition) is 2. The minimum Gasteiger partial charge on any atom is -0.399 e. The summed E-state index contributed by atoms with van der Waals surface area (Å²) in [5.41, 5.74) is 13.0. The van der Waals surface area contributed by atoms with Crippen molar-refractivity contribution in [1.29, 1.82) is 0 Å². The van der Waals surface area contributed by atoms with Crippen molar-refractivity contribution in [3.05, 3.63) is 23.8 Å². The molecule has 0 bridgehead atoms. The van der Waals surface area contributed by atoms with Gasteiger partial charge in [-0.2, -0.15) is 0 Å². The van der Waals surface area contributed by atoms with E-state index in [2.05, 4.69) is 4.90 Å². The average molecular weight is 277 g/mol. The molecule has 0 atom stereocenters. The lowest BCUT2D eigenvalue weighted by Crippen LogP contribution is -2.45. The quantitative estimate of drug-likeness (QED) is 0.777. The van der Waals surface area contributed by atoms with Crippen molar-refractivity contribution >= 4 is 17.3 Å². The minimum atomic E-state index is -0.457. The van der Waals surface area contributed by atoms with Crippen LogP contribution in [0, 0.1) is 0 Å². The zero-order chi connectivity index (χ0) is 14.2. The van der Waals surface area contributed by atoms with Gasteiger partial charge in [-0.1, -0.05) is 0 Å². The van der Waals surface area contributed by atoms with Crippen molar-refractivity contribution in [2.24, 2.45) is 5.73 Å². The molecular formula is C14H19N3O3. The molecule has 6 heteroatoms. The molecule has 0 aliphatic carbocycles. The largest absolute Gasteiger partial charge is 0.399 e. The lowest BCUT2D eigenvalue weighted by molar-refractivity contribution is -0.169. The molecular weight excluding hydrogens is 258 g/mol. The molecule has 0 unspecified atom stereocenters. The molecule has 20 heavy (non-hydrogen) atoms. The zero-order valence-electron chi connectivity index (χ0n) is 11.3. The third-order valence-corrected chi connectivity index (χ3v) is 3.97. The van der Waals surface area contributed by atoms with Crippen LogP contribution in [-0.4, -0.2) is 38.0 Å². The first-order valence-corrected chi connectivity index (χ1v) is 6.82. The van der Waals surface area contributed by atoms with Gasteiger partial charge in [-0.25, -0.2) is 0 Å². The average Bonchev–Trinajstić information content (AvgIpc) is 2.88. The molecule has 1 aromatic rings. The third kappa shape index (κ3) is 2.32. The highest BCUT2D eigenvalue weighted by Gasteiger charge is 2.40. The molecule has 2 aliphatic rings. The van der Waals surface area contributed by atoms with E-state index in [1.165, 1.54) is 0 Å². The Balaban J connectivity index is 1.79. The van der Waals surface area contributed by atoms with E-state index in [-0.39, 0.29) is 0 Å². The predicted molar refractivity (Wildman–Crippen MR) is 75.5 cm³/mol. The number of carbonyl (C=O) groups is 1. The van der Waals surface area contributed by atoms with Gasteiger partial charge in [0.1, 0.15) is 0 Å². The van der Waals surface area contributed by atoms with Gasteiger partial charge in [0.25, 0.3) is 5.91 Å². The summed E-state index contributed by atoms with van der Waals surface area (Å²) >= 11 is 0. The lowest BCUT2D eigenvalue weighted by atomic mass is 10.0. The molecule has 0 aromatic heterocycles. The fraction of sp³-hybridized carbons (Fsp3) is 0.500. The van der Waals surface area contributed by atoms with E-state index in [9.17, 15) is 4.79 Å². The highest BCUT2D eigenvalue weighted by molar-refractivity contribution is 5.99. The predicted octanol–water partition coefficient (Wildman–Crippen LogP) is 0.711. The van der Waals surface area contributed by atoms with Crippen LogP contribution in [0.3, 0.4) is 0 Å². The summed E-state index contributed by atoms with van der Waals surface area (Å²) in [5, 5.41) is 0. The van der Waals surface area contributed by atoms with E-state index in [4.69, 9.17) is 20.9 Å². The summed E-state index contributed by atoms with van der Waals surface area (Å²) in [6.07, 6.45) is 1.57. The first-order valence-electron chi connectivity index (χ1n) is 6.82. The first kappa shape index (κ1) is 13.2. The Bertz CT molecular complexity index is 516. The van der Waals surface area contributed by atoms with E-state index < -0.39 is 11.7 Å². The second-order valence-corrected chi connectivity index (χ2v) is 5.24. The molecule has 108 valence electrons. The maximum atomic E-state index is 11.6. The van der Waals surface area contributed by atoms with Gasteiger partial charge < -0.3 is 25.8 Å². The number of hydrogen-bond acceptors (Lipinski definition) is 5. The number of nitrogen functional groups attached to an aromatic ring is 1. The molecule has 4 N–H and O–H groups in total. The Morgan fingerprint density at radius 2 is 1.85 bits per heavy atom. The molecule has 2 saturated heterocycles. The lowest BCUT2D eigenvalue weighted by Gasteiger charge is -2.39. The zero-order valence-corrected chi connectivity index (χ0v) is 11.3. The van der Waals surface area contributed by atoms with Gasteiger partial charge in [-0.05, 0) is 18.2 Å². The topological polar surface area (TPSA) is 90.8 Å². The fourth-order valence-electron chi connectivity index (χ4n) is 2.90. The first-order chi connectivity index (χ1) is 9.60. The van der Waals surface area contributed by atoms with Crippen LogP contribution in [0.5, 0.6) is 0 Å². The molecule has 3 rings (SSSR count). The maximum Gasteiger partial charge on any atom is 0.250 e. The second-order valence-electron chi connectivity index (χ2n) is 5.24. The van der Waals surface area contributed by atoms with Gasteiger partial charge in [0.05, 0.1) is 18.8 Å². The van der Waals surface area contributed by atoms with Crippen LogP contribution in [0.2, 0.25) is 0 Å². The summed E-state index contributed by atoms with van der Waals surface area (Å²) in [7, 11) is 0. The van der Waals surface area contributed by atoms with E-state index in [0.29, 0.717) is 24.5 Å². The normalized spacial score (nSPS) is 21.3. The van der Waals surface area contributed by atoms with Crippen LogP contribution in [0.1, 0.15) is 23.2 Å². The van der Waals surface area contributed by atoms with Crippen molar-refractivity contribution in [1.82, 2.24) is 0 Å². The molecule has 1 spiro atoms. The summed E-state index contributed by atoms with van der Waals surface area (Å²) in [4.78, 5) is 13.7.